The van der Waals surface area contributed by atoms with Crippen molar-refractivity contribution in [2.45, 2.75) is 13.5 Å². The maximum Gasteiger partial charge on any atom is 0.338 e. The molecule has 1 aliphatic heterocycles. The van der Waals surface area contributed by atoms with Gasteiger partial charge in [0.25, 0.3) is 11.8 Å². The van der Waals surface area contributed by atoms with Gasteiger partial charge in [-0.1, -0.05) is 39.4 Å². The third-order valence-electron chi connectivity index (χ3n) is 4.11. The number of anilines is 1. The van der Waals surface area contributed by atoms with Crippen LogP contribution in [0.25, 0.3) is 0 Å². The van der Waals surface area contributed by atoms with Gasteiger partial charge in [-0.3, -0.25) is 9.59 Å². The molecule has 1 aromatic heterocycles. The van der Waals surface area contributed by atoms with E-state index in [4.69, 9.17) is 4.74 Å². The molecule has 3 aromatic rings. The van der Waals surface area contributed by atoms with Gasteiger partial charge in [0.05, 0.1) is 16.7 Å². The van der Waals surface area contributed by atoms with Crippen molar-refractivity contribution in [1.82, 2.24) is 10.2 Å². The van der Waals surface area contributed by atoms with Crippen LogP contribution in [-0.4, -0.2) is 28.0 Å². The zero-order valence-electron chi connectivity index (χ0n) is 14.5. The zero-order valence-corrected chi connectivity index (χ0v) is 16.9. The number of aromatic nitrogens is 2. The number of carbonyl (C=O) groups is 3. The number of amides is 2. The number of hydrogen-bond acceptors (Lipinski definition) is 7. The summed E-state index contributed by atoms with van der Waals surface area (Å²) in [6, 6.07) is 11.7. The van der Waals surface area contributed by atoms with E-state index in [0.29, 0.717) is 5.01 Å². The molecule has 0 radical (unpaired) electrons. The summed E-state index contributed by atoms with van der Waals surface area (Å²) in [5, 5.41) is 8.56. The molecule has 0 atom stereocenters. The van der Waals surface area contributed by atoms with Crippen LogP contribution < -0.4 is 4.90 Å². The average molecular weight is 458 g/mol. The molecule has 2 aromatic carbocycles. The van der Waals surface area contributed by atoms with Crippen LogP contribution in [0.1, 0.15) is 41.6 Å². The minimum absolute atomic E-state index is 0.103. The first-order valence-corrected chi connectivity index (χ1v) is 9.79. The molecular formula is C19H12BrN3O4S. The number of hydrogen-bond donors (Lipinski definition) is 0. The summed E-state index contributed by atoms with van der Waals surface area (Å²) in [5.41, 5.74) is 1.41. The number of aryl methyl sites for hydroxylation is 1. The van der Waals surface area contributed by atoms with Gasteiger partial charge < -0.3 is 4.74 Å². The highest BCUT2D eigenvalue weighted by Gasteiger charge is 2.39. The lowest BCUT2D eigenvalue weighted by Gasteiger charge is -2.07. The second-order valence-corrected chi connectivity index (χ2v) is 8.09. The maximum atomic E-state index is 12.7. The molecule has 0 bridgehead atoms. The number of halogens is 1. The van der Waals surface area contributed by atoms with Crippen LogP contribution in [0.4, 0.5) is 5.13 Å². The van der Waals surface area contributed by atoms with Crippen molar-refractivity contribution >= 4 is 50.2 Å². The second kappa shape index (κ2) is 7.25. The highest BCUT2D eigenvalue weighted by Crippen LogP contribution is 2.31. The van der Waals surface area contributed by atoms with Crippen LogP contribution in [0, 0.1) is 6.92 Å². The van der Waals surface area contributed by atoms with E-state index in [1.807, 2.05) is 24.3 Å². The van der Waals surface area contributed by atoms with Crippen molar-refractivity contribution in [3.05, 3.63) is 74.2 Å². The summed E-state index contributed by atoms with van der Waals surface area (Å²) in [6.45, 7) is 1.84. The van der Waals surface area contributed by atoms with Gasteiger partial charge >= 0.3 is 5.97 Å². The summed E-state index contributed by atoms with van der Waals surface area (Å²) >= 11 is 4.49. The van der Waals surface area contributed by atoms with Crippen LogP contribution in [0.3, 0.4) is 0 Å². The van der Waals surface area contributed by atoms with Crippen LogP contribution in [0.15, 0.2) is 46.9 Å². The molecule has 0 aliphatic carbocycles. The summed E-state index contributed by atoms with van der Waals surface area (Å²) in [7, 11) is 0. The second-order valence-electron chi connectivity index (χ2n) is 6.01. The fraction of sp³-hybridized carbons (Fsp3) is 0.105. The Balaban J connectivity index is 1.54. The topological polar surface area (TPSA) is 89.5 Å². The Morgan fingerprint density at radius 2 is 1.79 bits per heavy atom. The molecule has 0 saturated carbocycles. The fourth-order valence-electron chi connectivity index (χ4n) is 2.73. The van der Waals surface area contributed by atoms with Gasteiger partial charge in [0.1, 0.15) is 11.6 Å². The largest absolute Gasteiger partial charge is 0.457 e. The predicted molar refractivity (Wildman–Crippen MR) is 105 cm³/mol. The number of benzene rings is 2. The Labute approximate surface area is 172 Å². The minimum atomic E-state index is -0.573. The minimum Gasteiger partial charge on any atom is -0.457 e. The molecular weight excluding hydrogens is 446 g/mol. The number of carbonyl (C=O) groups excluding carboxylic acids is 3. The molecule has 0 fully saturated rings. The molecule has 4 rings (SSSR count). The zero-order chi connectivity index (χ0) is 19.8. The summed E-state index contributed by atoms with van der Waals surface area (Å²) in [5.74, 6) is -1.58. The van der Waals surface area contributed by atoms with E-state index in [1.54, 1.807) is 6.92 Å². The van der Waals surface area contributed by atoms with E-state index in [2.05, 4.69) is 26.1 Å². The normalized spacial score (nSPS) is 13.0. The lowest BCUT2D eigenvalue weighted by molar-refractivity contribution is 0.0472. The molecule has 0 unspecified atom stereocenters. The van der Waals surface area contributed by atoms with Crippen molar-refractivity contribution in [1.29, 1.82) is 0 Å². The van der Waals surface area contributed by atoms with Crippen molar-refractivity contribution < 1.29 is 19.1 Å². The predicted octanol–water partition coefficient (Wildman–Crippen LogP) is 3.77. The number of nitrogens with zero attached hydrogens (tertiary/aromatic N) is 3. The third-order valence-corrected chi connectivity index (χ3v) is 5.46. The van der Waals surface area contributed by atoms with Crippen molar-refractivity contribution in [3.63, 3.8) is 0 Å². The summed E-state index contributed by atoms with van der Waals surface area (Å²) in [4.78, 5) is 38.6. The first-order valence-electron chi connectivity index (χ1n) is 8.18. The maximum absolute atomic E-state index is 12.7. The van der Waals surface area contributed by atoms with E-state index in [0.717, 1.165) is 26.3 Å². The summed E-state index contributed by atoms with van der Waals surface area (Å²) < 4.78 is 6.24. The van der Waals surface area contributed by atoms with E-state index in [1.165, 1.54) is 18.2 Å². The van der Waals surface area contributed by atoms with Gasteiger partial charge in [-0.2, -0.15) is 0 Å². The number of ether oxygens (including phenoxy) is 1. The Hall–Kier alpha value is -2.91. The molecule has 0 saturated heterocycles. The number of imide groups is 1. The average Bonchev–Trinajstić information content (AvgIpc) is 3.22. The molecule has 1 aliphatic rings. The first-order chi connectivity index (χ1) is 13.4. The van der Waals surface area contributed by atoms with Crippen LogP contribution >= 0.6 is 27.3 Å². The van der Waals surface area contributed by atoms with E-state index >= 15 is 0 Å². The Kier molecular flexibility index (Phi) is 4.78. The molecule has 0 N–H and O–H groups in total. The van der Waals surface area contributed by atoms with Gasteiger partial charge in [-0.15, -0.1) is 10.2 Å². The van der Waals surface area contributed by atoms with E-state index < -0.39 is 17.8 Å². The Morgan fingerprint density at radius 1 is 1.07 bits per heavy atom. The molecule has 9 heteroatoms. The Bertz CT molecular complexity index is 1110. The fourth-order valence-corrected chi connectivity index (χ4v) is 3.68. The summed E-state index contributed by atoms with van der Waals surface area (Å²) in [6.07, 6.45) is 0. The quantitative estimate of drug-likeness (QED) is 0.437. The van der Waals surface area contributed by atoms with E-state index in [-0.39, 0.29) is 28.4 Å². The third kappa shape index (κ3) is 3.34. The van der Waals surface area contributed by atoms with Gasteiger partial charge in [0, 0.05) is 4.47 Å². The van der Waals surface area contributed by atoms with Gasteiger partial charge in [-0.25, -0.2) is 9.69 Å². The smallest absolute Gasteiger partial charge is 0.338 e. The van der Waals surface area contributed by atoms with Gasteiger partial charge in [0.2, 0.25) is 5.13 Å². The van der Waals surface area contributed by atoms with Crippen LogP contribution in [-0.2, 0) is 11.3 Å². The molecule has 2 heterocycles. The standard InChI is InChI=1S/C19H12BrN3O4S/c1-10-21-22-19(28-10)23-16(24)14-7-4-12(8-15(14)17(23)25)18(26)27-9-11-2-5-13(20)6-3-11/h2-8H,9H2,1H3. The lowest BCUT2D eigenvalue weighted by Crippen LogP contribution is -2.29. The Morgan fingerprint density at radius 3 is 2.46 bits per heavy atom. The van der Waals surface area contributed by atoms with Crippen molar-refractivity contribution in [2.24, 2.45) is 0 Å². The monoisotopic (exact) mass is 457 g/mol. The molecule has 28 heavy (non-hydrogen) atoms. The van der Waals surface area contributed by atoms with Gasteiger partial charge in [0.15, 0.2) is 0 Å². The highest BCUT2D eigenvalue weighted by molar-refractivity contribution is 9.10. The van der Waals surface area contributed by atoms with Crippen LogP contribution in [0.5, 0.6) is 0 Å². The number of fused-ring (bicyclic) bond motifs is 1. The van der Waals surface area contributed by atoms with Crippen LogP contribution in [0.2, 0.25) is 0 Å². The first kappa shape index (κ1) is 18.5. The molecule has 140 valence electrons. The number of rotatable bonds is 4. The molecule has 2 amide bonds. The highest BCUT2D eigenvalue weighted by atomic mass is 79.9. The van der Waals surface area contributed by atoms with Crippen molar-refractivity contribution in [3.8, 4) is 0 Å². The lowest BCUT2D eigenvalue weighted by atomic mass is 10.1. The van der Waals surface area contributed by atoms with E-state index in [9.17, 15) is 14.4 Å². The molecule has 0 spiro atoms. The molecule has 7 nitrogen and oxygen atoms in total. The van der Waals surface area contributed by atoms with Crippen molar-refractivity contribution in [2.75, 3.05) is 4.90 Å². The SMILES string of the molecule is Cc1nnc(N2C(=O)c3ccc(C(=O)OCc4ccc(Br)cc4)cc3C2=O)s1. The van der Waals surface area contributed by atoms with Gasteiger partial charge in [-0.05, 0) is 42.8 Å². The number of esters is 1.